The van der Waals surface area contributed by atoms with Crippen LogP contribution in [0.2, 0.25) is 0 Å². The van der Waals surface area contributed by atoms with Crippen LogP contribution in [0.5, 0.6) is 34.5 Å². The van der Waals surface area contributed by atoms with E-state index in [1.807, 2.05) is 0 Å². The van der Waals surface area contributed by atoms with Gasteiger partial charge in [0.1, 0.15) is 0 Å². The molecule has 18 heteroatoms. The molecule has 0 aromatic heterocycles. The highest BCUT2D eigenvalue weighted by molar-refractivity contribution is 8.00. The minimum Gasteiger partial charge on any atom is -0.422 e. The third-order valence-corrected chi connectivity index (χ3v) is 18.4. The van der Waals surface area contributed by atoms with Crippen molar-refractivity contribution in [1.29, 1.82) is 0 Å². The van der Waals surface area contributed by atoms with E-state index in [2.05, 4.69) is 41.5 Å². The fraction of sp³-hybridized carbons (Fsp3) is 0.600. The maximum absolute atomic E-state index is 13.7. The van der Waals surface area contributed by atoms with Crippen molar-refractivity contribution in [2.45, 2.75) is 157 Å². The average Bonchev–Trinajstić information content (AvgIpc) is 3.58. The van der Waals surface area contributed by atoms with E-state index in [0.717, 1.165) is 112 Å². The summed E-state index contributed by atoms with van der Waals surface area (Å²) in [4.78, 5) is 82.2. The number of esters is 6. The van der Waals surface area contributed by atoms with Gasteiger partial charge in [0.25, 0.3) is 0 Å². The van der Waals surface area contributed by atoms with E-state index in [4.69, 9.17) is 28.4 Å². The topological polar surface area (TPSA) is 158 Å². The van der Waals surface area contributed by atoms with Gasteiger partial charge >= 0.3 is 35.8 Å². The number of ether oxygens (including phenoxy) is 6. The molecule has 0 aliphatic heterocycles. The number of benzene rings is 4. The van der Waals surface area contributed by atoms with Crippen molar-refractivity contribution in [3.8, 4) is 34.5 Å². The lowest BCUT2D eigenvalue weighted by atomic mass is 9.93. The molecule has 432 valence electrons. The van der Waals surface area contributed by atoms with Crippen LogP contribution in [0.3, 0.4) is 0 Å². The number of hydrogen-bond acceptors (Lipinski definition) is 18. The molecule has 12 nitrogen and oxygen atoms in total. The molecule has 0 unspecified atom stereocenters. The van der Waals surface area contributed by atoms with Crippen LogP contribution in [0.4, 0.5) is 0 Å². The number of carbonyl (C=O) groups is 6. The Bertz CT molecular complexity index is 2050. The first kappa shape index (κ1) is 67.1. The Morgan fingerprint density at radius 3 is 0.526 bits per heavy atom. The second-order valence-electron chi connectivity index (χ2n) is 18.7. The Kier molecular flexibility index (Phi) is 34.3. The number of thioether (sulfide) groups is 6. The molecule has 0 aliphatic carbocycles. The summed E-state index contributed by atoms with van der Waals surface area (Å²) in [6.45, 7) is 12.7. The Labute approximate surface area is 489 Å². The number of fused-ring (bicyclic) bond motifs is 6. The molecule has 4 aromatic carbocycles. The van der Waals surface area contributed by atoms with Gasteiger partial charge in [0.2, 0.25) is 0 Å². The molecule has 4 aromatic rings. The van der Waals surface area contributed by atoms with Crippen molar-refractivity contribution < 1.29 is 57.2 Å². The monoisotopic (exact) mass is 1190 g/mol. The number of unbranched alkanes of at least 4 members (excludes halogenated alkanes) is 6. The molecule has 0 bridgehead atoms. The SMILES string of the molecule is CCCCSCCC(=O)Oc1cc2c3cc(OC(=O)CCSCCCC)c(OC(=O)CCSCCCC)cc3c3cc(OC(=O)CCSCCCC)c(OC(=O)CCSCCCC)cc3c2cc1OC(=O)CCSCCCC. The molecule has 0 atom stereocenters. The minimum atomic E-state index is -0.512. The van der Waals surface area contributed by atoms with Crippen LogP contribution in [-0.2, 0) is 28.8 Å². The third-order valence-electron chi connectivity index (χ3n) is 12.0. The van der Waals surface area contributed by atoms with Crippen LogP contribution in [0, 0.1) is 0 Å². The summed E-state index contributed by atoms with van der Waals surface area (Å²) in [6.07, 6.45) is 13.1. The van der Waals surface area contributed by atoms with Gasteiger partial charge in [-0.25, -0.2) is 0 Å². The van der Waals surface area contributed by atoms with Crippen molar-refractivity contribution in [2.24, 2.45) is 0 Å². The van der Waals surface area contributed by atoms with Crippen LogP contribution >= 0.6 is 70.6 Å². The van der Waals surface area contributed by atoms with E-state index >= 15 is 0 Å². The Morgan fingerprint density at radius 1 is 0.256 bits per heavy atom. The molecule has 0 saturated heterocycles. The first-order valence-electron chi connectivity index (χ1n) is 28.2. The highest BCUT2D eigenvalue weighted by Crippen LogP contribution is 2.48. The molecule has 78 heavy (non-hydrogen) atoms. The maximum atomic E-state index is 13.7. The van der Waals surface area contributed by atoms with Crippen molar-refractivity contribution in [2.75, 3.05) is 69.0 Å². The quantitative estimate of drug-likeness (QED) is 0.0178. The first-order valence-corrected chi connectivity index (χ1v) is 35.1. The zero-order valence-corrected chi connectivity index (χ0v) is 51.9. The zero-order valence-electron chi connectivity index (χ0n) is 47.0. The number of rotatable bonds is 42. The van der Waals surface area contributed by atoms with Gasteiger partial charge in [-0.1, -0.05) is 80.1 Å². The highest BCUT2D eigenvalue weighted by atomic mass is 32.2. The van der Waals surface area contributed by atoms with E-state index < -0.39 is 35.8 Å². The lowest BCUT2D eigenvalue weighted by Gasteiger charge is -2.19. The average molecular weight is 1190 g/mol. The van der Waals surface area contributed by atoms with Gasteiger partial charge in [-0.2, -0.15) is 70.6 Å². The molecule has 0 fully saturated rings. The van der Waals surface area contributed by atoms with E-state index in [-0.39, 0.29) is 73.0 Å². The summed E-state index contributed by atoms with van der Waals surface area (Å²) in [7, 11) is 0. The van der Waals surface area contributed by atoms with Crippen molar-refractivity contribution in [3.63, 3.8) is 0 Å². The van der Waals surface area contributed by atoms with Crippen LogP contribution in [0.15, 0.2) is 36.4 Å². The summed E-state index contributed by atoms with van der Waals surface area (Å²) >= 11 is 9.99. The first-order chi connectivity index (χ1) is 38.0. The number of carbonyl (C=O) groups excluding carboxylic acids is 6. The molecule has 0 saturated carbocycles. The molecule has 0 heterocycles. The molecule has 0 spiro atoms. The largest absolute Gasteiger partial charge is 0.422 e. The van der Waals surface area contributed by atoms with Gasteiger partial charge in [-0.15, -0.1) is 0 Å². The molecule has 0 amide bonds. The predicted octanol–water partition coefficient (Wildman–Crippen LogP) is 16.1. The molecule has 0 N–H and O–H groups in total. The minimum absolute atomic E-state index is 0.00648. The van der Waals surface area contributed by atoms with Gasteiger partial charge < -0.3 is 28.4 Å². The predicted molar refractivity (Wildman–Crippen MR) is 334 cm³/mol. The molecule has 4 rings (SSSR count). The van der Waals surface area contributed by atoms with Gasteiger partial charge in [-0.05, 0) is 142 Å². The fourth-order valence-electron chi connectivity index (χ4n) is 7.56. The normalized spacial score (nSPS) is 11.3. The number of hydrogen-bond donors (Lipinski definition) is 0. The second kappa shape index (κ2) is 39.9. The van der Waals surface area contributed by atoms with E-state index in [1.54, 1.807) is 107 Å². The van der Waals surface area contributed by atoms with Crippen LogP contribution in [0.25, 0.3) is 32.3 Å². The third kappa shape index (κ3) is 24.7. The van der Waals surface area contributed by atoms with Crippen molar-refractivity contribution >= 4 is 139 Å². The summed E-state index contributed by atoms with van der Waals surface area (Å²) < 4.78 is 36.7. The standard InChI is InChI=1S/C60H84O12S6/c1-7-13-25-73-31-19-55(61)67-49-37-43-44(38-50(49)68-56(62)20-32-74-26-14-8-2)46-40-52(70-58(64)22-34-76-28-16-10-4)54(72-60(66)24-36-78-30-18-12-6)42-48(46)47-41-53(71-59(65)23-35-77-29-17-11-5)51(39-45(43)47)69-57(63)21-33-75-27-15-9-3/h37-42H,7-36H2,1-6H3. The van der Waals surface area contributed by atoms with Crippen LogP contribution in [0.1, 0.15) is 157 Å². The Balaban J connectivity index is 2.05. The lowest BCUT2D eigenvalue weighted by Crippen LogP contribution is -2.14. The highest BCUT2D eigenvalue weighted by Gasteiger charge is 2.25. The Hall–Kier alpha value is -3.42. The molecule has 0 aliphatic rings. The molecule has 0 radical (unpaired) electrons. The summed E-state index contributed by atoms with van der Waals surface area (Å²) in [5.41, 5.74) is 0. The Morgan fingerprint density at radius 2 is 0.397 bits per heavy atom. The summed E-state index contributed by atoms with van der Waals surface area (Å²) in [5.74, 6) is 5.66. The maximum Gasteiger partial charge on any atom is 0.312 e. The van der Waals surface area contributed by atoms with E-state index in [9.17, 15) is 28.8 Å². The van der Waals surface area contributed by atoms with E-state index in [0.29, 0.717) is 66.8 Å². The van der Waals surface area contributed by atoms with Gasteiger partial charge in [0.05, 0.1) is 38.5 Å². The van der Waals surface area contributed by atoms with Crippen LogP contribution < -0.4 is 28.4 Å². The summed E-state index contributed by atoms with van der Waals surface area (Å²) in [6, 6.07) is 9.81. The molecular weight excluding hydrogens is 1110 g/mol. The molecular formula is C60H84O12S6. The van der Waals surface area contributed by atoms with Crippen LogP contribution in [-0.4, -0.2) is 105 Å². The summed E-state index contributed by atoms with van der Waals surface area (Å²) in [5, 5.41) is 2.94. The van der Waals surface area contributed by atoms with Gasteiger partial charge in [-0.3, -0.25) is 28.8 Å². The lowest BCUT2D eigenvalue weighted by molar-refractivity contribution is -0.136. The zero-order chi connectivity index (χ0) is 56.3. The smallest absolute Gasteiger partial charge is 0.312 e. The van der Waals surface area contributed by atoms with Crippen molar-refractivity contribution in [3.05, 3.63) is 36.4 Å². The fourth-order valence-corrected chi connectivity index (χ4v) is 13.6. The van der Waals surface area contributed by atoms with Gasteiger partial charge in [0, 0.05) is 34.5 Å². The van der Waals surface area contributed by atoms with Gasteiger partial charge in [0.15, 0.2) is 34.5 Å². The second-order valence-corrected chi connectivity index (χ2v) is 26.0. The van der Waals surface area contributed by atoms with Crippen molar-refractivity contribution in [1.82, 2.24) is 0 Å². The van der Waals surface area contributed by atoms with E-state index in [1.165, 1.54) is 0 Å².